The van der Waals surface area contributed by atoms with Gasteiger partial charge in [0.15, 0.2) is 0 Å². The van der Waals surface area contributed by atoms with Crippen LogP contribution in [-0.4, -0.2) is 58.1 Å². The smallest absolute Gasteiger partial charge is 0.244 e. The van der Waals surface area contributed by atoms with Gasteiger partial charge in [0.1, 0.15) is 18.3 Å². The molecule has 10 heteroatoms. The number of hydrogen-bond acceptors (Lipinski definition) is 5. The molecule has 174 valence electrons. The first kappa shape index (κ1) is 25.7. The van der Waals surface area contributed by atoms with Crippen LogP contribution in [0.1, 0.15) is 18.1 Å². The van der Waals surface area contributed by atoms with E-state index in [-0.39, 0.29) is 12.5 Å². The Hall–Kier alpha value is -2.59. The summed E-state index contributed by atoms with van der Waals surface area (Å²) >= 11 is 3.40. The van der Waals surface area contributed by atoms with Gasteiger partial charge in [-0.25, -0.2) is 8.42 Å². The van der Waals surface area contributed by atoms with Gasteiger partial charge in [0.05, 0.1) is 19.1 Å². The first-order chi connectivity index (χ1) is 15.0. The Morgan fingerprint density at radius 1 is 1.16 bits per heavy atom. The molecule has 0 heterocycles. The van der Waals surface area contributed by atoms with Crippen molar-refractivity contribution in [3.8, 4) is 5.75 Å². The first-order valence-electron chi connectivity index (χ1n) is 9.85. The maximum atomic E-state index is 13.3. The van der Waals surface area contributed by atoms with Gasteiger partial charge in [0.2, 0.25) is 21.8 Å². The number of amides is 2. The lowest BCUT2D eigenvalue weighted by molar-refractivity contribution is -0.139. The number of anilines is 1. The highest BCUT2D eigenvalue weighted by atomic mass is 79.9. The predicted octanol–water partition coefficient (Wildman–Crippen LogP) is 2.70. The third-order valence-electron chi connectivity index (χ3n) is 5.03. The lowest BCUT2D eigenvalue weighted by Gasteiger charge is -2.31. The number of methoxy groups -OCH3 is 1. The summed E-state index contributed by atoms with van der Waals surface area (Å²) in [6, 6.07) is 11.4. The number of carbonyl (C=O) groups is 2. The van der Waals surface area contributed by atoms with Gasteiger partial charge in [0.25, 0.3) is 0 Å². The van der Waals surface area contributed by atoms with Crippen LogP contribution in [0.5, 0.6) is 5.75 Å². The molecular formula is C22H28BrN3O5S. The lowest BCUT2D eigenvalue weighted by Crippen LogP contribution is -2.50. The number of nitrogens with one attached hydrogen (secondary N) is 1. The van der Waals surface area contributed by atoms with Crippen molar-refractivity contribution >= 4 is 43.5 Å². The van der Waals surface area contributed by atoms with Gasteiger partial charge < -0.3 is 15.0 Å². The molecule has 0 spiro atoms. The number of benzene rings is 2. The zero-order valence-corrected chi connectivity index (χ0v) is 21.2. The van der Waals surface area contributed by atoms with Crippen LogP contribution in [0.25, 0.3) is 0 Å². The van der Waals surface area contributed by atoms with Gasteiger partial charge >= 0.3 is 0 Å². The summed E-state index contributed by atoms with van der Waals surface area (Å²) < 4.78 is 32.1. The van der Waals surface area contributed by atoms with Crippen LogP contribution in [0.15, 0.2) is 46.9 Å². The molecule has 32 heavy (non-hydrogen) atoms. The Morgan fingerprint density at radius 3 is 2.28 bits per heavy atom. The lowest BCUT2D eigenvalue weighted by atomic mass is 10.1. The molecule has 1 atom stereocenters. The van der Waals surface area contributed by atoms with Crippen LogP contribution < -0.4 is 14.4 Å². The summed E-state index contributed by atoms with van der Waals surface area (Å²) in [4.78, 5) is 27.0. The van der Waals surface area contributed by atoms with Gasteiger partial charge in [0, 0.05) is 18.1 Å². The predicted molar refractivity (Wildman–Crippen MR) is 128 cm³/mol. The number of hydrogen-bond donors (Lipinski definition) is 1. The van der Waals surface area contributed by atoms with Crippen molar-refractivity contribution in [2.45, 2.75) is 26.4 Å². The van der Waals surface area contributed by atoms with E-state index in [0.29, 0.717) is 11.4 Å². The van der Waals surface area contributed by atoms with Crippen molar-refractivity contribution in [1.29, 1.82) is 0 Å². The Kier molecular flexibility index (Phi) is 8.68. The standard InChI is InChI=1S/C22H28BrN3O5S/c1-15-12-18(8-11-20(15)23)26(32(5,29)30)14-21(27)25(16(2)22(28)24-3)13-17-6-9-19(31-4)10-7-17/h6-12,16H,13-14H2,1-5H3,(H,24,28)/t16-/m1/s1. The van der Waals surface area contributed by atoms with Crippen molar-refractivity contribution < 1.29 is 22.7 Å². The van der Waals surface area contributed by atoms with Crippen molar-refractivity contribution in [2.24, 2.45) is 0 Å². The van der Waals surface area contributed by atoms with E-state index >= 15 is 0 Å². The molecule has 2 rings (SSSR count). The van der Waals surface area contributed by atoms with E-state index in [4.69, 9.17) is 4.74 Å². The molecule has 0 unspecified atom stereocenters. The minimum atomic E-state index is -3.76. The zero-order valence-electron chi connectivity index (χ0n) is 18.8. The number of nitrogens with zero attached hydrogens (tertiary/aromatic N) is 2. The van der Waals surface area contributed by atoms with E-state index in [2.05, 4.69) is 21.2 Å². The topological polar surface area (TPSA) is 96.0 Å². The molecule has 0 aliphatic carbocycles. The number of rotatable bonds is 9. The van der Waals surface area contributed by atoms with Crippen LogP contribution in [0.2, 0.25) is 0 Å². The number of sulfonamides is 1. The van der Waals surface area contributed by atoms with Crippen molar-refractivity contribution in [2.75, 3.05) is 31.3 Å². The second-order valence-electron chi connectivity index (χ2n) is 7.36. The monoisotopic (exact) mass is 525 g/mol. The summed E-state index contributed by atoms with van der Waals surface area (Å²) in [5.41, 5.74) is 1.98. The molecule has 8 nitrogen and oxygen atoms in total. The fourth-order valence-electron chi connectivity index (χ4n) is 3.12. The number of ether oxygens (including phenoxy) is 1. The van der Waals surface area contributed by atoms with Gasteiger partial charge in [-0.05, 0) is 55.3 Å². The van der Waals surface area contributed by atoms with Crippen LogP contribution in [-0.2, 0) is 26.2 Å². The maximum Gasteiger partial charge on any atom is 0.244 e. The second-order valence-corrected chi connectivity index (χ2v) is 10.1. The number of aryl methyl sites for hydroxylation is 1. The summed E-state index contributed by atoms with van der Waals surface area (Å²) in [6.45, 7) is 3.14. The number of halogens is 1. The molecule has 0 saturated heterocycles. The van der Waals surface area contributed by atoms with E-state index in [1.54, 1.807) is 56.5 Å². The zero-order chi connectivity index (χ0) is 24.1. The molecule has 0 aliphatic rings. The van der Waals surface area contributed by atoms with E-state index in [0.717, 1.165) is 26.2 Å². The Labute approximate surface area is 197 Å². The quantitative estimate of drug-likeness (QED) is 0.542. The molecule has 0 aromatic heterocycles. The highest BCUT2D eigenvalue weighted by molar-refractivity contribution is 9.10. The fraction of sp³-hybridized carbons (Fsp3) is 0.364. The summed E-state index contributed by atoms with van der Waals surface area (Å²) in [6.07, 6.45) is 1.05. The molecule has 0 aliphatic heterocycles. The summed E-state index contributed by atoms with van der Waals surface area (Å²) in [5.74, 6) is -0.181. The van der Waals surface area contributed by atoms with E-state index < -0.39 is 28.5 Å². The molecular weight excluding hydrogens is 498 g/mol. The average Bonchev–Trinajstić information content (AvgIpc) is 2.76. The van der Waals surface area contributed by atoms with E-state index in [1.807, 2.05) is 6.92 Å². The maximum absolute atomic E-state index is 13.3. The van der Waals surface area contributed by atoms with Crippen LogP contribution in [0.4, 0.5) is 5.69 Å². The summed E-state index contributed by atoms with van der Waals surface area (Å²) in [5, 5.41) is 2.54. The van der Waals surface area contributed by atoms with E-state index in [1.165, 1.54) is 11.9 Å². The second kappa shape index (κ2) is 10.8. The SMILES string of the molecule is CNC(=O)[C@@H](C)N(Cc1ccc(OC)cc1)C(=O)CN(c1ccc(Br)c(C)c1)S(C)(=O)=O. The number of likely N-dealkylation sites (N-methyl/N-ethyl adjacent to an activating group) is 1. The Balaban J connectivity index is 2.38. The third-order valence-corrected chi connectivity index (χ3v) is 7.06. The van der Waals surface area contributed by atoms with Gasteiger partial charge in [-0.3, -0.25) is 13.9 Å². The fourth-order valence-corrected chi connectivity index (χ4v) is 4.20. The van der Waals surface area contributed by atoms with Crippen molar-refractivity contribution in [3.63, 3.8) is 0 Å². The molecule has 2 aromatic carbocycles. The molecule has 0 fully saturated rings. The highest BCUT2D eigenvalue weighted by Gasteiger charge is 2.29. The average molecular weight is 526 g/mol. The Bertz CT molecular complexity index is 1070. The van der Waals surface area contributed by atoms with Crippen LogP contribution in [0, 0.1) is 6.92 Å². The first-order valence-corrected chi connectivity index (χ1v) is 12.5. The molecule has 0 saturated carbocycles. The minimum absolute atomic E-state index is 0.133. The summed E-state index contributed by atoms with van der Waals surface area (Å²) in [7, 11) is -0.710. The largest absolute Gasteiger partial charge is 0.497 e. The highest BCUT2D eigenvalue weighted by Crippen LogP contribution is 2.25. The van der Waals surface area contributed by atoms with E-state index in [9.17, 15) is 18.0 Å². The number of carbonyl (C=O) groups excluding carboxylic acids is 2. The minimum Gasteiger partial charge on any atom is -0.497 e. The Morgan fingerprint density at radius 2 is 1.78 bits per heavy atom. The molecule has 2 amide bonds. The normalized spacial score (nSPS) is 12.1. The third kappa shape index (κ3) is 6.46. The van der Waals surface area contributed by atoms with Gasteiger partial charge in [-0.1, -0.05) is 28.1 Å². The van der Waals surface area contributed by atoms with Crippen molar-refractivity contribution in [3.05, 3.63) is 58.1 Å². The van der Waals surface area contributed by atoms with Crippen LogP contribution in [0.3, 0.4) is 0 Å². The van der Waals surface area contributed by atoms with Gasteiger partial charge in [-0.15, -0.1) is 0 Å². The molecule has 0 bridgehead atoms. The van der Waals surface area contributed by atoms with Crippen LogP contribution >= 0.6 is 15.9 Å². The van der Waals surface area contributed by atoms with Crippen molar-refractivity contribution in [1.82, 2.24) is 10.2 Å². The molecule has 0 radical (unpaired) electrons. The van der Waals surface area contributed by atoms with Gasteiger partial charge in [-0.2, -0.15) is 0 Å². The molecule has 1 N–H and O–H groups in total. The molecule has 2 aromatic rings.